The Kier molecular flexibility index (Phi) is 11.4. The highest BCUT2D eigenvalue weighted by atomic mass is 16.5. The van der Waals surface area contributed by atoms with Crippen molar-refractivity contribution in [2.24, 2.45) is 0 Å². The van der Waals surface area contributed by atoms with Crippen LogP contribution in [0.3, 0.4) is 0 Å². The van der Waals surface area contributed by atoms with E-state index < -0.39 is 11.9 Å². The molecule has 2 aromatic rings. The molecule has 0 N–H and O–H groups in total. The van der Waals surface area contributed by atoms with E-state index in [1.165, 1.54) is 47.7 Å². The molecule has 2 rings (SSSR count). The first-order valence-electron chi connectivity index (χ1n) is 12.0. The first-order valence-corrected chi connectivity index (χ1v) is 12.0. The summed E-state index contributed by atoms with van der Waals surface area (Å²) in [6.45, 7) is 3.38. The molecule has 0 unspecified atom stereocenters. The van der Waals surface area contributed by atoms with Crippen molar-refractivity contribution in [3.05, 3.63) is 40.5 Å². The lowest BCUT2D eigenvalue weighted by atomic mass is 9.91. The Hall–Kier alpha value is -5.16. The van der Waals surface area contributed by atoms with Crippen molar-refractivity contribution < 1.29 is 42.7 Å². The van der Waals surface area contributed by atoms with Gasteiger partial charge in [0.2, 0.25) is 5.75 Å². The molecule has 11 nitrogen and oxygen atoms in total. The molecule has 0 aliphatic carbocycles. The molecule has 0 radical (unpaired) electrons. The molecular formula is C29H30N2O9. The fourth-order valence-electron chi connectivity index (χ4n) is 3.80. The van der Waals surface area contributed by atoms with E-state index in [0.29, 0.717) is 33.8 Å². The van der Waals surface area contributed by atoms with Gasteiger partial charge in [-0.1, -0.05) is 0 Å². The van der Waals surface area contributed by atoms with Gasteiger partial charge in [-0.2, -0.15) is 10.5 Å². The summed E-state index contributed by atoms with van der Waals surface area (Å²) in [7, 11) is 7.12. The van der Waals surface area contributed by atoms with Crippen LogP contribution in [-0.2, 0) is 19.1 Å². The molecule has 0 spiro atoms. The summed E-state index contributed by atoms with van der Waals surface area (Å²) in [6.07, 6.45) is 2.65. The molecule has 0 fully saturated rings. The summed E-state index contributed by atoms with van der Waals surface area (Å²) in [4.78, 5) is 25.0. The summed E-state index contributed by atoms with van der Waals surface area (Å²) >= 11 is 0. The average Bonchev–Trinajstić information content (AvgIpc) is 2.97. The second kappa shape index (κ2) is 14.7. The van der Waals surface area contributed by atoms with Crippen LogP contribution in [0.15, 0.2) is 29.3 Å². The van der Waals surface area contributed by atoms with E-state index in [9.17, 15) is 20.1 Å². The van der Waals surface area contributed by atoms with Gasteiger partial charge < -0.3 is 33.2 Å². The molecule has 0 aliphatic heterocycles. The van der Waals surface area contributed by atoms with Crippen LogP contribution in [-0.4, -0.2) is 60.7 Å². The van der Waals surface area contributed by atoms with E-state index in [4.69, 9.17) is 33.2 Å². The lowest BCUT2D eigenvalue weighted by Gasteiger charge is -2.21. The quantitative estimate of drug-likeness (QED) is 0.211. The van der Waals surface area contributed by atoms with Crippen molar-refractivity contribution in [1.82, 2.24) is 0 Å². The molecule has 0 saturated heterocycles. The van der Waals surface area contributed by atoms with E-state index in [2.05, 4.69) is 0 Å². The van der Waals surface area contributed by atoms with Crippen molar-refractivity contribution in [3.8, 4) is 52.0 Å². The lowest BCUT2D eigenvalue weighted by molar-refractivity contribution is -0.138. The smallest absolute Gasteiger partial charge is 0.348 e. The second-order valence-corrected chi connectivity index (χ2v) is 7.68. The molecule has 0 aliphatic rings. The van der Waals surface area contributed by atoms with Gasteiger partial charge in [0.25, 0.3) is 0 Å². The number of ether oxygens (including phenoxy) is 7. The van der Waals surface area contributed by atoms with E-state index in [1.807, 2.05) is 12.1 Å². The third-order valence-corrected chi connectivity index (χ3v) is 5.52. The van der Waals surface area contributed by atoms with Gasteiger partial charge in [-0.25, -0.2) is 9.59 Å². The summed E-state index contributed by atoms with van der Waals surface area (Å²) in [5, 5.41) is 19.4. The van der Waals surface area contributed by atoms with Crippen molar-refractivity contribution >= 4 is 24.1 Å². The maximum atomic E-state index is 12.5. The molecule has 40 heavy (non-hydrogen) atoms. The van der Waals surface area contributed by atoms with Crippen molar-refractivity contribution in [3.63, 3.8) is 0 Å². The molecule has 2 aromatic carbocycles. The largest absolute Gasteiger partial charge is 0.493 e. The highest BCUT2D eigenvalue weighted by Crippen LogP contribution is 2.50. The minimum absolute atomic E-state index is 0.0649. The van der Waals surface area contributed by atoms with Crippen LogP contribution in [0.4, 0.5) is 0 Å². The predicted molar refractivity (Wildman–Crippen MR) is 145 cm³/mol. The summed E-state index contributed by atoms with van der Waals surface area (Å²) in [6, 6.07) is 8.42. The number of benzene rings is 2. The van der Waals surface area contributed by atoms with Crippen molar-refractivity contribution in [1.29, 1.82) is 10.5 Å². The maximum Gasteiger partial charge on any atom is 0.348 e. The van der Waals surface area contributed by atoms with Crippen LogP contribution in [0.5, 0.6) is 28.7 Å². The number of nitriles is 2. The van der Waals surface area contributed by atoms with Gasteiger partial charge in [0.05, 0.1) is 48.8 Å². The number of nitrogens with zero attached hydrogens (tertiary/aromatic N) is 2. The van der Waals surface area contributed by atoms with Crippen molar-refractivity contribution in [2.75, 3.05) is 48.8 Å². The number of carbonyl (C=O) groups is 2. The molecule has 0 amide bonds. The zero-order valence-electron chi connectivity index (χ0n) is 23.4. The maximum absolute atomic E-state index is 12.5. The average molecular weight is 551 g/mol. The third-order valence-electron chi connectivity index (χ3n) is 5.52. The molecule has 11 heteroatoms. The van der Waals surface area contributed by atoms with Crippen LogP contribution in [0.2, 0.25) is 0 Å². The Bertz CT molecular complexity index is 1410. The SMILES string of the molecule is CCOC(=O)/C(C#N)=C/c1cc(OC)c(OC)cc1-c1c(/C=C(\C#N)C(=O)OCC)cc(OC)c(OC)c1OC. The number of methoxy groups -OCH3 is 5. The predicted octanol–water partition coefficient (Wildman–Crippen LogP) is 4.34. The van der Waals surface area contributed by atoms with Gasteiger partial charge in [0.15, 0.2) is 23.0 Å². The normalized spacial score (nSPS) is 11.0. The Labute approximate surface area is 232 Å². The summed E-state index contributed by atoms with van der Waals surface area (Å²) < 4.78 is 37.8. The van der Waals surface area contributed by atoms with E-state index in [-0.39, 0.29) is 41.6 Å². The molecule has 0 bridgehead atoms. The Morgan fingerprint density at radius 1 is 0.675 bits per heavy atom. The Morgan fingerprint density at radius 3 is 1.55 bits per heavy atom. The van der Waals surface area contributed by atoms with Gasteiger partial charge in [-0.3, -0.25) is 0 Å². The monoisotopic (exact) mass is 550 g/mol. The summed E-state index contributed by atoms with van der Waals surface area (Å²) in [5.74, 6) is -0.405. The van der Waals surface area contributed by atoms with Crippen LogP contribution in [0, 0.1) is 22.7 Å². The second-order valence-electron chi connectivity index (χ2n) is 7.68. The van der Waals surface area contributed by atoms with Crippen LogP contribution < -0.4 is 23.7 Å². The number of hydrogen-bond donors (Lipinski definition) is 0. The zero-order chi connectivity index (χ0) is 29.8. The van der Waals surface area contributed by atoms with Gasteiger partial charge in [-0.15, -0.1) is 0 Å². The zero-order valence-corrected chi connectivity index (χ0v) is 23.4. The fourth-order valence-corrected chi connectivity index (χ4v) is 3.80. The standard InChI is InChI=1S/C29H30N2O9/c1-8-39-28(32)19(15-30)10-17-12-22(34-3)23(35-4)14-21(17)25-18(11-20(16-31)29(33)40-9-2)13-24(36-5)26(37-6)27(25)38-7/h10-14H,8-9H2,1-7H3/b19-10+,20-11+. The number of carbonyl (C=O) groups excluding carboxylic acids is 2. The number of esters is 2. The van der Waals surface area contributed by atoms with Gasteiger partial charge >= 0.3 is 11.9 Å². The third kappa shape index (κ3) is 6.63. The minimum Gasteiger partial charge on any atom is -0.493 e. The van der Waals surface area contributed by atoms with Gasteiger partial charge in [-0.05, 0) is 60.9 Å². The van der Waals surface area contributed by atoms with Crippen molar-refractivity contribution in [2.45, 2.75) is 13.8 Å². The highest BCUT2D eigenvalue weighted by molar-refractivity contribution is 6.02. The highest BCUT2D eigenvalue weighted by Gasteiger charge is 2.26. The van der Waals surface area contributed by atoms with Crippen LogP contribution >= 0.6 is 0 Å². The number of rotatable bonds is 12. The van der Waals surface area contributed by atoms with Gasteiger partial charge in [0.1, 0.15) is 23.3 Å². The Balaban J connectivity index is 3.17. The molecule has 0 heterocycles. The fraction of sp³-hybridized carbons (Fsp3) is 0.310. The molecule has 210 valence electrons. The first-order chi connectivity index (χ1) is 19.3. The molecule has 0 aromatic heterocycles. The minimum atomic E-state index is -0.828. The van der Waals surface area contributed by atoms with E-state index in [0.717, 1.165) is 0 Å². The van der Waals surface area contributed by atoms with E-state index in [1.54, 1.807) is 32.0 Å². The first kappa shape index (κ1) is 31.1. The van der Waals surface area contributed by atoms with Crippen LogP contribution in [0.1, 0.15) is 25.0 Å². The number of hydrogen-bond acceptors (Lipinski definition) is 11. The van der Waals surface area contributed by atoms with Crippen LogP contribution in [0.25, 0.3) is 23.3 Å². The van der Waals surface area contributed by atoms with Gasteiger partial charge in [0, 0.05) is 5.56 Å². The topological polar surface area (TPSA) is 146 Å². The molecular weight excluding hydrogens is 520 g/mol. The molecule has 0 saturated carbocycles. The molecule has 0 atom stereocenters. The van der Waals surface area contributed by atoms with E-state index >= 15 is 0 Å². The summed E-state index contributed by atoms with van der Waals surface area (Å²) in [5.41, 5.74) is 0.758. The Morgan fingerprint density at radius 2 is 1.12 bits per heavy atom. The lowest BCUT2D eigenvalue weighted by Crippen LogP contribution is -2.07.